The Hall–Kier alpha value is -0.820. The van der Waals surface area contributed by atoms with E-state index in [-0.39, 0.29) is 0 Å². The Balaban J connectivity index is 2.68. The van der Waals surface area contributed by atoms with Gasteiger partial charge in [0.05, 0.1) is 0 Å². The maximum absolute atomic E-state index is 5.10. The maximum Gasteiger partial charge on any atom is 0.0465 e. The van der Waals surface area contributed by atoms with Crippen molar-refractivity contribution in [3.63, 3.8) is 0 Å². The molecule has 1 heteroatoms. The zero-order valence-electron chi connectivity index (χ0n) is 10.9. The predicted octanol–water partition coefficient (Wildman–Crippen LogP) is 3.78. The third kappa shape index (κ3) is 3.97. The molecule has 16 heavy (non-hydrogen) atoms. The molecule has 0 amide bonds. The lowest BCUT2D eigenvalue weighted by Crippen LogP contribution is -1.98. The minimum Gasteiger partial charge on any atom is -0.385 e. The Bertz CT molecular complexity index is 304. The lowest BCUT2D eigenvalue weighted by Gasteiger charge is -2.10. The molecule has 0 heterocycles. The van der Waals surface area contributed by atoms with Crippen LogP contribution in [0.3, 0.4) is 0 Å². The molecular formula is C15H24O. The molecule has 1 rings (SSSR count). The van der Waals surface area contributed by atoms with E-state index in [1.54, 1.807) is 7.11 Å². The van der Waals surface area contributed by atoms with Crippen LogP contribution in [0.25, 0.3) is 0 Å². The third-order valence-electron chi connectivity index (χ3n) is 2.98. The van der Waals surface area contributed by atoms with E-state index in [2.05, 4.69) is 32.0 Å². The number of aryl methyl sites for hydroxylation is 3. The third-order valence-corrected chi connectivity index (χ3v) is 2.98. The van der Waals surface area contributed by atoms with E-state index in [1.165, 1.54) is 29.5 Å². The lowest BCUT2D eigenvalue weighted by molar-refractivity contribution is 0.195. The van der Waals surface area contributed by atoms with Gasteiger partial charge < -0.3 is 4.74 Å². The van der Waals surface area contributed by atoms with Gasteiger partial charge in [0.15, 0.2) is 0 Å². The Morgan fingerprint density at radius 3 is 2.50 bits per heavy atom. The van der Waals surface area contributed by atoms with Crippen LogP contribution in [0.2, 0.25) is 0 Å². The molecule has 1 aromatic rings. The van der Waals surface area contributed by atoms with Gasteiger partial charge in [-0.25, -0.2) is 0 Å². The topological polar surface area (TPSA) is 9.23 Å². The summed E-state index contributed by atoms with van der Waals surface area (Å²) in [5.41, 5.74) is 4.50. The molecule has 0 spiro atoms. The van der Waals surface area contributed by atoms with Crippen LogP contribution in [0.1, 0.15) is 43.4 Å². The van der Waals surface area contributed by atoms with Crippen molar-refractivity contribution in [2.45, 2.75) is 46.0 Å². The van der Waals surface area contributed by atoms with E-state index >= 15 is 0 Å². The summed E-state index contributed by atoms with van der Waals surface area (Å²) in [6.45, 7) is 5.34. The van der Waals surface area contributed by atoms with Gasteiger partial charge in [-0.2, -0.15) is 0 Å². The molecule has 0 saturated heterocycles. The minimum absolute atomic E-state index is 0.861. The molecule has 0 aliphatic carbocycles. The van der Waals surface area contributed by atoms with Crippen molar-refractivity contribution in [1.82, 2.24) is 0 Å². The quantitative estimate of drug-likeness (QED) is 0.635. The second-order valence-corrected chi connectivity index (χ2v) is 4.30. The minimum atomic E-state index is 0.861. The first kappa shape index (κ1) is 13.2. The van der Waals surface area contributed by atoms with Gasteiger partial charge in [0.25, 0.3) is 0 Å². The Morgan fingerprint density at radius 1 is 1.06 bits per heavy atom. The molecule has 0 N–H and O–H groups in total. The lowest BCUT2D eigenvalue weighted by atomic mass is 9.97. The first-order valence-corrected chi connectivity index (χ1v) is 6.41. The number of methoxy groups -OCH3 is 1. The number of benzene rings is 1. The summed E-state index contributed by atoms with van der Waals surface area (Å²) >= 11 is 0. The van der Waals surface area contributed by atoms with Crippen LogP contribution >= 0.6 is 0 Å². The molecule has 1 nitrogen and oxygen atoms in total. The predicted molar refractivity (Wildman–Crippen MR) is 70.0 cm³/mol. The van der Waals surface area contributed by atoms with Crippen molar-refractivity contribution < 1.29 is 4.74 Å². The average Bonchev–Trinajstić information content (AvgIpc) is 2.31. The highest BCUT2D eigenvalue weighted by Gasteiger charge is 2.02. The number of hydrogen-bond donors (Lipinski definition) is 0. The first-order chi connectivity index (χ1) is 7.81. The van der Waals surface area contributed by atoms with Crippen LogP contribution in [0.15, 0.2) is 18.2 Å². The standard InChI is InChI=1S/C15H24O/c1-4-7-13-9-10-15(8-6-11-16-3)14(5-2)12-13/h9-10,12H,4-8,11H2,1-3H3. The second-order valence-electron chi connectivity index (χ2n) is 4.30. The summed E-state index contributed by atoms with van der Waals surface area (Å²) in [5, 5.41) is 0. The van der Waals surface area contributed by atoms with Crippen LogP contribution in [-0.2, 0) is 24.0 Å². The van der Waals surface area contributed by atoms with E-state index in [0.717, 1.165) is 25.9 Å². The second kappa shape index (κ2) is 7.45. The van der Waals surface area contributed by atoms with Crippen molar-refractivity contribution in [1.29, 1.82) is 0 Å². The van der Waals surface area contributed by atoms with Gasteiger partial charge in [-0.1, -0.05) is 38.5 Å². The zero-order valence-corrected chi connectivity index (χ0v) is 10.9. The highest BCUT2D eigenvalue weighted by atomic mass is 16.5. The van der Waals surface area contributed by atoms with E-state index in [9.17, 15) is 0 Å². The molecular weight excluding hydrogens is 196 g/mol. The SMILES string of the molecule is CCCc1ccc(CCCOC)c(CC)c1. The fraction of sp³-hybridized carbons (Fsp3) is 0.600. The Morgan fingerprint density at radius 2 is 1.88 bits per heavy atom. The fourth-order valence-electron chi connectivity index (χ4n) is 2.10. The normalized spacial score (nSPS) is 10.7. The van der Waals surface area contributed by atoms with Gasteiger partial charge in [-0.3, -0.25) is 0 Å². The van der Waals surface area contributed by atoms with Gasteiger partial charge in [-0.15, -0.1) is 0 Å². The Labute approximate surface area is 99.8 Å². The molecule has 0 radical (unpaired) electrons. The molecule has 0 unspecified atom stereocenters. The molecule has 0 aromatic heterocycles. The number of rotatable bonds is 7. The van der Waals surface area contributed by atoms with Gasteiger partial charge in [0, 0.05) is 13.7 Å². The van der Waals surface area contributed by atoms with Crippen molar-refractivity contribution in [2.75, 3.05) is 13.7 Å². The van der Waals surface area contributed by atoms with Crippen molar-refractivity contribution in [2.24, 2.45) is 0 Å². The summed E-state index contributed by atoms with van der Waals surface area (Å²) in [7, 11) is 1.77. The summed E-state index contributed by atoms with van der Waals surface area (Å²) in [4.78, 5) is 0. The maximum atomic E-state index is 5.10. The van der Waals surface area contributed by atoms with Crippen LogP contribution in [0.4, 0.5) is 0 Å². The highest BCUT2D eigenvalue weighted by Crippen LogP contribution is 2.16. The summed E-state index contributed by atoms with van der Waals surface area (Å²) in [5.74, 6) is 0. The number of hydrogen-bond acceptors (Lipinski definition) is 1. The van der Waals surface area contributed by atoms with Crippen LogP contribution in [0.5, 0.6) is 0 Å². The molecule has 0 atom stereocenters. The van der Waals surface area contributed by atoms with Crippen molar-refractivity contribution in [3.05, 3.63) is 34.9 Å². The molecule has 90 valence electrons. The van der Waals surface area contributed by atoms with Crippen molar-refractivity contribution in [3.8, 4) is 0 Å². The van der Waals surface area contributed by atoms with Gasteiger partial charge >= 0.3 is 0 Å². The summed E-state index contributed by atoms with van der Waals surface area (Å²) in [6.07, 6.45) is 5.83. The van der Waals surface area contributed by atoms with E-state index in [4.69, 9.17) is 4.74 Å². The van der Waals surface area contributed by atoms with E-state index in [1.807, 2.05) is 0 Å². The molecule has 0 fully saturated rings. The first-order valence-electron chi connectivity index (χ1n) is 6.41. The highest BCUT2D eigenvalue weighted by molar-refractivity contribution is 5.32. The van der Waals surface area contributed by atoms with Gasteiger partial charge in [-0.05, 0) is 42.4 Å². The van der Waals surface area contributed by atoms with Crippen LogP contribution < -0.4 is 0 Å². The average molecular weight is 220 g/mol. The van der Waals surface area contributed by atoms with Gasteiger partial charge in [0.2, 0.25) is 0 Å². The monoisotopic (exact) mass is 220 g/mol. The fourth-order valence-corrected chi connectivity index (χ4v) is 2.10. The van der Waals surface area contributed by atoms with Crippen molar-refractivity contribution >= 4 is 0 Å². The van der Waals surface area contributed by atoms with Gasteiger partial charge in [0.1, 0.15) is 0 Å². The largest absolute Gasteiger partial charge is 0.385 e. The van der Waals surface area contributed by atoms with E-state index in [0.29, 0.717) is 0 Å². The zero-order chi connectivity index (χ0) is 11.8. The summed E-state index contributed by atoms with van der Waals surface area (Å²) in [6, 6.07) is 6.97. The Kier molecular flexibility index (Phi) is 6.17. The van der Waals surface area contributed by atoms with E-state index < -0.39 is 0 Å². The molecule has 0 aliphatic heterocycles. The molecule has 1 aromatic carbocycles. The smallest absolute Gasteiger partial charge is 0.0465 e. The van der Waals surface area contributed by atoms with Crippen LogP contribution in [0, 0.1) is 0 Å². The molecule has 0 saturated carbocycles. The molecule has 0 bridgehead atoms. The summed E-state index contributed by atoms with van der Waals surface area (Å²) < 4.78 is 5.10. The number of ether oxygens (including phenoxy) is 1. The molecule has 0 aliphatic rings. The van der Waals surface area contributed by atoms with Crippen LogP contribution in [-0.4, -0.2) is 13.7 Å².